The number of amides is 3. The number of carbonyl (C=O) groups is 3. The summed E-state index contributed by atoms with van der Waals surface area (Å²) in [5.41, 5.74) is -2.42. The summed E-state index contributed by atoms with van der Waals surface area (Å²) in [5, 5.41) is 5.46. The molecule has 0 bridgehead atoms. The van der Waals surface area contributed by atoms with Gasteiger partial charge in [-0.25, -0.2) is 4.79 Å². The maximum absolute atomic E-state index is 12.6. The Morgan fingerprint density at radius 3 is 1.96 bits per heavy atom. The minimum absolute atomic E-state index is 0.0230. The van der Waals surface area contributed by atoms with Crippen molar-refractivity contribution in [2.45, 2.75) is 72.4 Å². The number of rotatable bonds is 5. The second-order valence-corrected chi connectivity index (χ2v) is 8.65. The lowest BCUT2D eigenvalue weighted by molar-refractivity contribution is -0.137. The predicted molar refractivity (Wildman–Crippen MR) is 96.1 cm³/mol. The monoisotopic (exact) mass is 355 g/mol. The molecule has 2 N–H and O–H groups in total. The number of carbonyl (C=O) groups excluding carboxylic acids is 3. The van der Waals surface area contributed by atoms with Crippen molar-refractivity contribution in [2.75, 3.05) is 19.6 Å². The number of hydrogen-bond donors (Lipinski definition) is 2. The lowest BCUT2D eigenvalue weighted by Gasteiger charge is -2.41. The zero-order valence-electron chi connectivity index (χ0n) is 16.6. The molecule has 144 valence electrons. The highest BCUT2D eigenvalue weighted by molar-refractivity contribution is 5.89. The highest BCUT2D eigenvalue weighted by Gasteiger charge is 2.45. The van der Waals surface area contributed by atoms with Crippen molar-refractivity contribution in [1.82, 2.24) is 15.5 Å². The first-order valence-corrected chi connectivity index (χ1v) is 8.83. The Balaban J connectivity index is 2.64. The lowest BCUT2D eigenvalue weighted by Crippen LogP contribution is -2.60. The third-order valence-electron chi connectivity index (χ3n) is 4.80. The van der Waals surface area contributed by atoms with E-state index in [9.17, 15) is 14.4 Å². The topological polar surface area (TPSA) is 87.7 Å². The van der Waals surface area contributed by atoms with Gasteiger partial charge in [0.1, 0.15) is 5.60 Å². The smallest absolute Gasteiger partial charge is 0.408 e. The van der Waals surface area contributed by atoms with Crippen LogP contribution >= 0.6 is 0 Å². The first-order chi connectivity index (χ1) is 11.3. The molecule has 1 rings (SSSR count). The van der Waals surface area contributed by atoms with Crippen LogP contribution < -0.4 is 10.6 Å². The molecule has 25 heavy (non-hydrogen) atoms. The molecular formula is C18H33N3O4. The van der Waals surface area contributed by atoms with Gasteiger partial charge in [0.15, 0.2) is 0 Å². The Labute approximate surface area is 150 Å². The summed E-state index contributed by atoms with van der Waals surface area (Å²) >= 11 is 0. The second kappa shape index (κ2) is 7.62. The molecule has 1 heterocycles. The van der Waals surface area contributed by atoms with Crippen LogP contribution in [0.25, 0.3) is 0 Å². The molecule has 0 aromatic carbocycles. The van der Waals surface area contributed by atoms with Crippen LogP contribution in [0.1, 0.15) is 61.3 Å². The first kappa shape index (κ1) is 21.3. The van der Waals surface area contributed by atoms with Crippen molar-refractivity contribution in [1.29, 1.82) is 0 Å². The van der Waals surface area contributed by atoms with Crippen molar-refractivity contribution >= 4 is 17.9 Å². The van der Waals surface area contributed by atoms with Crippen LogP contribution in [0, 0.1) is 5.41 Å². The summed E-state index contributed by atoms with van der Waals surface area (Å²) in [7, 11) is 0. The van der Waals surface area contributed by atoms with Crippen molar-refractivity contribution in [3.8, 4) is 0 Å². The van der Waals surface area contributed by atoms with Gasteiger partial charge in [-0.3, -0.25) is 9.59 Å². The van der Waals surface area contributed by atoms with Gasteiger partial charge in [-0.1, -0.05) is 0 Å². The van der Waals surface area contributed by atoms with Crippen LogP contribution in [-0.2, 0) is 14.3 Å². The summed E-state index contributed by atoms with van der Waals surface area (Å²) in [6, 6.07) is 0. The van der Waals surface area contributed by atoms with E-state index >= 15 is 0 Å². The van der Waals surface area contributed by atoms with Gasteiger partial charge in [0.25, 0.3) is 0 Å². The summed E-state index contributed by atoms with van der Waals surface area (Å²) in [5.74, 6) is -0.360. The molecule has 0 aromatic rings. The minimum atomic E-state index is -0.935. The van der Waals surface area contributed by atoms with E-state index in [1.165, 1.54) is 0 Å². The molecule has 0 unspecified atom stereocenters. The summed E-state index contributed by atoms with van der Waals surface area (Å²) in [6.07, 6.45) is 1.45. The van der Waals surface area contributed by atoms with Crippen LogP contribution in [0.2, 0.25) is 0 Å². The Bertz CT molecular complexity index is 515. The highest BCUT2D eigenvalue weighted by Crippen LogP contribution is 2.31. The molecule has 1 aliphatic rings. The molecule has 0 atom stereocenters. The van der Waals surface area contributed by atoms with Gasteiger partial charge < -0.3 is 20.3 Å². The molecule has 0 radical (unpaired) electrons. The molecule has 0 spiro atoms. The van der Waals surface area contributed by atoms with Gasteiger partial charge in [-0.15, -0.1) is 0 Å². The SMILES string of the molecule is CC(C)(C)OC(=O)NC(C)(C)C(C)(C)C(=O)NCC(=O)N1CCCC1. The van der Waals surface area contributed by atoms with Crippen molar-refractivity contribution in [3.05, 3.63) is 0 Å². The molecule has 0 aromatic heterocycles. The maximum atomic E-state index is 12.6. The van der Waals surface area contributed by atoms with E-state index in [0.29, 0.717) is 0 Å². The number of hydrogen-bond acceptors (Lipinski definition) is 4. The molecule has 0 aliphatic carbocycles. The molecule has 7 heteroatoms. The molecular weight excluding hydrogens is 322 g/mol. The third-order valence-corrected chi connectivity index (χ3v) is 4.80. The number of alkyl carbamates (subject to hydrolysis) is 1. The van der Waals surface area contributed by atoms with Gasteiger partial charge in [-0.2, -0.15) is 0 Å². The Morgan fingerprint density at radius 1 is 0.960 bits per heavy atom. The second-order valence-electron chi connectivity index (χ2n) is 8.65. The van der Waals surface area contributed by atoms with E-state index in [1.54, 1.807) is 53.4 Å². The molecule has 0 saturated carbocycles. The normalized spacial score (nSPS) is 15.7. The summed E-state index contributed by atoms with van der Waals surface area (Å²) < 4.78 is 5.27. The summed E-state index contributed by atoms with van der Waals surface area (Å²) in [4.78, 5) is 38.5. The van der Waals surface area contributed by atoms with E-state index in [2.05, 4.69) is 10.6 Å². The quantitative estimate of drug-likeness (QED) is 0.790. The van der Waals surface area contributed by atoms with Gasteiger partial charge in [-0.05, 0) is 61.3 Å². The van der Waals surface area contributed by atoms with Crippen LogP contribution in [0.3, 0.4) is 0 Å². The zero-order valence-corrected chi connectivity index (χ0v) is 16.6. The fourth-order valence-corrected chi connectivity index (χ4v) is 2.45. The van der Waals surface area contributed by atoms with E-state index in [4.69, 9.17) is 4.74 Å². The van der Waals surface area contributed by atoms with E-state index < -0.39 is 22.6 Å². The highest BCUT2D eigenvalue weighted by atomic mass is 16.6. The maximum Gasteiger partial charge on any atom is 0.408 e. The lowest BCUT2D eigenvalue weighted by atomic mass is 9.73. The number of nitrogens with zero attached hydrogens (tertiary/aromatic N) is 1. The van der Waals surface area contributed by atoms with Crippen LogP contribution in [0.5, 0.6) is 0 Å². The first-order valence-electron chi connectivity index (χ1n) is 8.83. The van der Waals surface area contributed by atoms with E-state index in [1.807, 2.05) is 0 Å². The van der Waals surface area contributed by atoms with Crippen molar-refractivity contribution in [2.24, 2.45) is 5.41 Å². The molecule has 7 nitrogen and oxygen atoms in total. The predicted octanol–water partition coefficient (Wildman–Crippen LogP) is 2.05. The molecule has 3 amide bonds. The largest absolute Gasteiger partial charge is 0.444 e. The molecule has 1 aliphatic heterocycles. The van der Waals surface area contributed by atoms with Crippen LogP contribution in [0.15, 0.2) is 0 Å². The molecule has 1 fully saturated rings. The summed E-state index contributed by atoms with van der Waals surface area (Å²) in [6.45, 7) is 13.8. The minimum Gasteiger partial charge on any atom is -0.444 e. The van der Waals surface area contributed by atoms with Crippen LogP contribution in [0.4, 0.5) is 4.79 Å². The van der Waals surface area contributed by atoms with Gasteiger partial charge in [0.2, 0.25) is 11.8 Å². The zero-order chi connectivity index (χ0) is 19.5. The average molecular weight is 355 g/mol. The molecule has 1 saturated heterocycles. The number of ether oxygens (including phenoxy) is 1. The third kappa shape index (κ3) is 5.90. The van der Waals surface area contributed by atoms with Gasteiger partial charge in [0, 0.05) is 13.1 Å². The van der Waals surface area contributed by atoms with Gasteiger partial charge >= 0.3 is 6.09 Å². The number of likely N-dealkylation sites (tertiary alicyclic amines) is 1. The van der Waals surface area contributed by atoms with E-state index in [0.717, 1.165) is 25.9 Å². The standard InChI is InChI=1S/C18H33N3O4/c1-16(2,3)25-15(24)20-18(6,7)17(4,5)14(23)19-12-13(22)21-10-8-9-11-21/h8-12H2,1-7H3,(H,19,23)(H,20,24). The average Bonchev–Trinajstić information content (AvgIpc) is 2.95. The number of nitrogens with one attached hydrogen (secondary N) is 2. The van der Waals surface area contributed by atoms with Gasteiger partial charge in [0.05, 0.1) is 17.5 Å². The van der Waals surface area contributed by atoms with Crippen molar-refractivity contribution in [3.63, 3.8) is 0 Å². The fraction of sp³-hybridized carbons (Fsp3) is 0.833. The van der Waals surface area contributed by atoms with Crippen LogP contribution in [-0.4, -0.2) is 53.6 Å². The van der Waals surface area contributed by atoms with E-state index in [-0.39, 0.29) is 18.4 Å². The Morgan fingerprint density at radius 2 is 1.48 bits per heavy atom. The fourth-order valence-electron chi connectivity index (χ4n) is 2.45. The Hall–Kier alpha value is -1.79. The Kier molecular flexibility index (Phi) is 6.48. The van der Waals surface area contributed by atoms with Crippen molar-refractivity contribution < 1.29 is 19.1 Å².